The van der Waals surface area contributed by atoms with E-state index in [-0.39, 0.29) is 24.1 Å². The molecule has 7 nitrogen and oxygen atoms in total. The average molecular weight is 366 g/mol. The highest BCUT2D eigenvalue weighted by molar-refractivity contribution is 5.83. The van der Waals surface area contributed by atoms with Crippen LogP contribution in [0.25, 0.3) is 10.8 Å². The SMILES string of the molecule is Cc1cc([C@@H]2CCCCN2C(=O)Cn2nc(C)c3ccccc3c2=O)no1. The van der Waals surface area contributed by atoms with Crippen LogP contribution < -0.4 is 5.56 Å². The second kappa shape index (κ2) is 6.98. The third-order valence-electron chi connectivity index (χ3n) is 5.15. The Morgan fingerprint density at radius 3 is 2.74 bits per heavy atom. The number of amides is 1. The number of benzene rings is 1. The van der Waals surface area contributed by atoms with Gasteiger partial charge in [-0.1, -0.05) is 23.4 Å². The van der Waals surface area contributed by atoms with E-state index in [1.165, 1.54) is 4.68 Å². The summed E-state index contributed by atoms with van der Waals surface area (Å²) in [4.78, 5) is 27.6. The quantitative estimate of drug-likeness (QED) is 0.712. The van der Waals surface area contributed by atoms with Crippen molar-refractivity contribution in [3.63, 3.8) is 0 Å². The lowest BCUT2D eigenvalue weighted by molar-refractivity contribution is -0.136. The molecule has 0 unspecified atom stereocenters. The molecule has 4 rings (SSSR count). The number of rotatable bonds is 3. The van der Waals surface area contributed by atoms with Gasteiger partial charge >= 0.3 is 0 Å². The largest absolute Gasteiger partial charge is 0.361 e. The predicted molar refractivity (Wildman–Crippen MR) is 100 cm³/mol. The van der Waals surface area contributed by atoms with Crippen molar-refractivity contribution < 1.29 is 9.32 Å². The van der Waals surface area contributed by atoms with Gasteiger partial charge in [0.05, 0.1) is 17.1 Å². The molecule has 1 atom stereocenters. The summed E-state index contributed by atoms with van der Waals surface area (Å²) in [6.45, 7) is 4.27. The van der Waals surface area contributed by atoms with Gasteiger partial charge in [-0.2, -0.15) is 5.10 Å². The van der Waals surface area contributed by atoms with Crippen molar-refractivity contribution in [2.45, 2.75) is 45.7 Å². The summed E-state index contributed by atoms with van der Waals surface area (Å²) in [5.41, 5.74) is 1.27. The Kier molecular flexibility index (Phi) is 4.51. The first-order valence-corrected chi connectivity index (χ1v) is 9.24. The van der Waals surface area contributed by atoms with Crippen LogP contribution in [0.15, 0.2) is 39.6 Å². The molecular formula is C20H22N4O3. The first-order valence-electron chi connectivity index (χ1n) is 9.24. The van der Waals surface area contributed by atoms with Gasteiger partial charge in [0, 0.05) is 18.0 Å². The van der Waals surface area contributed by atoms with E-state index in [9.17, 15) is 9.59 Å². The lowest BCUT2D eigenvalue weighted by atomic mass is 9.99. The van der Waals surface area contributed by atoms with E-state index >= 15 is 0 Å². The number of carbonyl (C=O) groups is 1. The topological polar surface area (TPSA) is 81.2 Å². The number of piperidine rings is 1. The van der Waals surface area contributed by atoms with E-state index in [0.717, 1.165) is 41.8 Å². The minimum atomic E-state index is -0.240. The van der Waals surface area contributed by atoms with E-state index < -0.39 is 0 Å². The van der Waals surface area contributed by atoms with Crippen molar-refractivity contribution in [3.05, 3.63) is 57.8 Å². The number of hydrogen-bond donors (Lipinski definition) is 0. The van der Waals surface area contributed by atoms with E-state index in [1.807, 2.05) is 38.1 Å². The molecule has 1 aromatic carbocycles. The van der Waals surface area contributed by atoms with Crippen LogP contribution in [-0.2, 0) is 11.3 Å². The average Bonchev–Trinajstić information content (AvgIpc) is 3.12. The second-order valence-corrected chi connectivity index (χ2v) is 7.05. The molecule has 0 spiro atoms. The van der Waals surface area contributed by atoms with Crippen LogP contribution in [0.1, 0.15) is 42.5 Å². The van der Waals surface area contributed by atoms with Crippen LogP contribution in [0.5, 0.6) is 0 Å². The van der Waals surface area contributed by atoms with E-state index in [2.05, 4.69) is 10.3 Å². The molecule has 2 aromatic heterocycles. The zero-order valence-corrected chi connectivity index (χ0v) is 15.5. The van der Waals surface area contributed by atoms with Crippen molar-refractivity contribution >= 4 is 16.7 Å². The first kappa shape index (κ1) is 17.5. The predicted octanol–water partition coefficient (Wildman–Crippen LogP) is 2.76. The number of carbonyl (C=O) groups excluding carboxylic acids is 1. The third-order valence-corrected chi connectivity index (χ3v) is 5.15. The maximum atomic E-state index is 13.0. The zero-order valence-electron chi connectivity index (χ0n) is 15.5. The molecule has 0 aliphatic carbocycles. The standard InChI is InChI=1S/C20H22N4O3/c1-13-11-17(22-27-13)18-9-5-6-10-23(18)19(25)12-24-20(26)16-8-4-3-7-15(16)14(2)21-24/h3-4,7-8,11,18H,5-6,9-10,12H2,1-2H3/t18-/m0/s1. The minimum Gasteiger partial charge on any atom is -0.361 e. The lowest BCUT2D eigenvalue weighted by Gasteiger charge is -2.34. The fraction of sp³-hybridized carbons (Fsp3) is 0.400. The summed E-state index contributed by atoms with van der Waals surface area (Å²) in [7, 11) is 0. The van der Waals surface area contributed by atoms with E-state index in [4.69, 9.17) is 4.52 Å². The van der Waals surface area contributed by atoms with Gasteiger partial charge in [-0.05, 0) is 39.2 Å². The second-order valence-electron chi connectivity index (χ2n) is 7.05. The van der Waals surface area contributed by atoms with Gasteiger partial charge in [0.25, 0.3) is 5.56 Å². The van der Waals surface area contributed by atoms with Crippen LogP contribution in [0.3, 0.4) is 0 Å². The molecule has 0 bridgehead atoms. The van der Waals surface area contributed by atoms with Gasteiger partial charge in [0.1, 0.15) is 18.0 Å². The van der Waals surface area contributed by atoms with Crippen molar-refractivity contribution in [2.24, 2.45) is 0 Å². The maximum absolute atomic E-state index is 13.0. The monoisotopic (exact) mass is 366 g/mol. The molecule has 1 amide bonds. The third kappa shape index (κ3) is 3.25. The number of fused-ring (bicyclic) bond motifs is 1. The molecule has 1 aliphatic heterocycles. The fourth-order valence-corrected chi connectivity index (χ4v) is 3.81. The Bertz CT molecular complexity index is 1050. The van der Waals surface area contributed by atoms with Gasteiger partial charge < -0.3 is 9.42 Å². The van der Waals surface area contributed by atoms with Crippen LogP contribution in [0.2, 0.25) is 0 Å². The smallest absolute Gasteiger partial charge is 0.275 e. The molecule has 0 saturated carbocycles. The Balaban J connectivity index is 1.64. The molecule has 3 aromatic rings. The molecule has 3 heterocycles. The Hall–Kier alpha value is -2.96. The highest BCUT2D eigenvalue weighted by Gasteiger charge is 2.30. The number of nitrogens with zero attached hydrogens (tertiary/aromatic N) is 4. The van der Waals surface area contributed by atoms with E-state index in [0.29, 0.717) is 11.9 Å². The normalized spacial score (nSPS) is 17.4. The Morgan fingerprint density at radius 2 is 2.00 bits per heavy atom. The fourth-order valence-electron chi connectivity index (χ4n) is 3.81. The molecule has 1 aliphatic rings. The molecule has 140 valence electrons. The zero-order chi connectivity index (χ0) is 19.0. The van der Waals surface area contributed by atoms with Gasteiger partial charge in [-0.3, -0.25) is 9.59 Å². The number of likely N-dealkylation sites (tertiary alicyclic amines) is 1. The summed E-state index contributed by atoms with van der Waals surface area (Å²) >= 11 is 0. The van der Waals surface area contributed by atoms with Crippen molar-refractivity contribution in [1.82, 2.24) is 19.8 Å². The van der Waals surface area contributed by atoms with Crippen LogP contribution >= 0.6 is 0 Å². The van der Waals surface area contributed by atoms with Crippen LogP contribution in [0, 0.1) is 13.8 Å². The van der Waals surface area contributed by atoms with Crippen LogP contribution in [-0.4, -0.2) is 32.3 Å². The van der Waals surface area contributed by atoms with Gasteiger partial charge in [0.2, 0.25) is 5.91 Å². The molecular weight excluding hydrogens is 344 g/mol. The highest BCUT2D eigenvalue weighted by atomic mass is 16.5. The summed E-state index contributed by atoms with van der Waals surface area (Å²) < 4.78 is 6.47. The first-order chi connectivity index (χ1) is 13.0. The Labute approximate surface area is 156 Å². The Morgan fingerprint density at radius 1 is 1.22 bits per heavy atom. The molecule has 0 N–H and O–H groups in total. The van der Waals surface area contributed by atoms with Gasteiger partial charge in [-0.25, -0.2) is 4.68 Å². The molecule has 1 fully saturated rings. The lowest BCUT2D eigenvalue weighted by Crippen LogP contribution is -2.42. The summed E-state index contributed by atoms with van der Waals surface area (Å²) in [5.74, 6) is 0.607. The van der Waals surface area contributed by atoms with Crippen LogP contribution in [0.4, 0.5) is 0 Å². The number of aromatic nitrogens is 3. The van der Waals surface area contributed by atoms with Crippen molar-refractivity contribution in [1.29, 1.82) is 0 Å². The molecule has 0 radical (unpaired) electrons. The van der Waals surface area contributed by atoms with Crippen molar-refractivity contribution in [2.75, 3.05) is 6.54 Å². The molecule has 1 saturated heterocycles. The molecule has 7 heteroatoms. The van der Waals surface area contributed by atoms with Crippen molar-refractivity contribution in [3.8, 4) is 0 Å². The van der Waals surface area contributed by atoms with E-state index in [1.54, 1.807) is 11.0 Å². The molecule has 27 heavy (non-hydrogen) atoms. The van der Waals surface area contributed by atoms with Gasteiger partial charge in [-0.15, -0.1) is 0 Å². The highest BCUT2D eigenvalue weighted by Crippen LogP contribution is 2.30. The minimum absolute atomic E-state index is 0.0716. The number of hydrogen-bond acceptors (Lipinski definition) is 5. The summed E-state index contributed by atoms with van der Waals surface area (Å²) in [6.07, 6.45) is 2.82. The summed E-state index contributed by atoms with van der Waals surface area (Å²) in [5, 5.41) is 9.86. The van der Waals surface area contributed by atoms with Gasteiger partial charge in [0.15, 0.2) is 0 Å². The number of aryl methyl sites for hydroxylation is 2. The maximum Gasteiger partial charge on any atom is 0.275 e. The summed E-state index contributed by atoms with van der Waals surface area (Å²) in [6, 6.07) is 9.11.